The van der Waals surface area contributed by atoms with Crippen molar-refractivity contribution in [1.29, 1.82) is 0 Å². The third-order valence-corrected chi connectivity index (χ3v) is 2.32. The fourth-order valence-electron chi connectivity index (χ4n) is 1.01. The first-order chi connectivity index (χ1) is 6.56. The number of hydrogen-bond acceptors (Lipinski definition) is 3. The number of esters is 1. The number of methoxy groups -OCH3 is 1. The number of nitrogens with two attached hydrogens (primary N) is 1. The number of rotatable bonds is 2. The zero-order valence-corrected chi connectivity index (χ0v) is 8.97. The predicted octanol–water partition coefficient (Wildman–Crippen LogP) is 2.17. The van der Waals surface area contributed by atoms with E-state index in [1.165, 1.54) is 13.2 Å². The van der Waals surface area contributed by atoms with Gasteiger partial charge >= 0.3 is 5.97 Å². The van der Waals surface area contributed by atoms with Crippen LogP contribution in [0.5, 0.6) is 0 Å². The summed E-state index contributed by atoms with van der Waals surface area (Å²) < 4.78 is 4.50. The summed E-state index contributed by atoms with van der Waals surface area (Å²) in [5, 5.41) is 0.853. The molecule has 0 radical (unpaired) electrons. The average Bonchev–Trinajstić information content (AvgIpc) is 2.15. The van der Waals surface area contributed by atoms with E-state index in [4.69, 9.17) is 28.9 Å². The highest BCUT2D eigenvalue weighted by atomic mass is 35.5. The van der Waals surface area contributed by atoms with Crippen LogP contribution in [-0.2, 0) is 9.53 Å². The van der Waals surface area contributed by atoms with Crippen LogP contribution >= 0.6 is 23.2 Å². The van der Waals surface area contributed by atoms with Crippen LogP contribution in [0.4, 0.5) is 0 Å². The van der Waals surface area contributed by atoms with Crippen LogP contribution in [-0.4, -0.2) is 13.1 Å². The maximum Gasteiger partial charge on any atom is 0.327 e. The fourth-order valence-corrected chi connectivity index (χ4v) is 1.53. The Morgan fingerprint density at radius 1 is 1.50 bits per heavy atom. The number of hydrogen-bond donors (Lipinski definition) is 1. The van der Waals surface area contributed by atoms with Gasteiger partial charge in [-0.2, -0.15) is 0 Å². The lowest BCUT2D eigenvalue weighted by Gasteiger charge is -2.11. The number of carbonyl (C=O) groups excluding carboxylic acids is 1. The molecule has 0 bridgehead atoms. The molecule has 14 heavy (non-hydrogen) atoms. The van der Waals surface area contributed by atoms with E-state index in [2.05, 4.69) is 4.74 Å². The van der Waals surface area contributed by atoms with Crippen molar-refractivity contribution in [2.75, 3.05) is 7.11 Å². The molecule has 0 fully saturated rings. The average molecular weight is 234 g/mol. The second-order valence-electron chi connectivity index (χ2n) is 2.67. The van der Waals surface area contributed by atoms with Crippen LogP contribution in [0.2, 0.25) is 10.0 Å². The molecule has 0 aromatic heterocycles. The van der Waals surface area contributed by atoms with Crippen LogP contribution < -0.4 is 5.73 Å². The lowest BCUT2D eigenvalue weighted by atomic mass is 10.1. The highest BCUT2D eigenvalue weighted by molar-refractivity contribution is 6.35. The number of ether oxygens (including phenoxy) is 1. The topological polar surface area (TPSA) is 52.3 Å². The van der Waals surface area contributed by atoms with Crippen molar-refractivity contribution in [2.24, 2.45) is 5.73 Å². The van der Waals surface area contributed by atoms with E-state index in [-0.39, 0.29) is 0 Å². The van der Waals surface area contributed by atoms with E-state index in [9.17, 15) is 4.79 Å². The standard InChI is InChI=1S/C9H9Cl2NO2/c1-14-9(13)8(12)6-3-2-5(10)4-7(6)11/h2-4,8H,12H2,1H3/t8-/m0/s1. The molecule has 1 atom stereocenters. The molecule has 1 aromatic rings. The molecule has 0 aliphatic heterocycles. The molecule has 0 amide bonds. The van der Waals surface area contributed by atoms with Gasteiger partial charge in [0.1, 0.15) is 6.04 Å². The van der Waals surface area contributed by atoms with Gasteiger partial charge < -0.3 is 10.5 Å². The summed E-state index contributed by atoms with van der Waals surface area (Å²) in [7, 11) is 1.27. The van der Waals surface area contributed by atoms with Gasteiger partial charge in [0, 0.05) is 10.0 Å². The first-order valence-corrected chi connectivity index (χ1v) is 4.60. The van der Waals surface area contributed by atoms with E-state index in [0.717, 1.165) is 0 Å². The molecule has 1 rings (SSSR count). The van der Waals surface area contributed by atoms with E-state index >= 15 is 0 Å². The molecule has 0 aliphatic rings. The van der Waals surface area contributed by atoms with Gasteiger partial charge in [0.05, 0.1) is 7.11 Å². The molecule has 3 nitrogen and oxygen atoms in total. The highest BCUT2D eigenvalue weighted by Crippen LogP contribution is 2.25. The zero-order valence-electron chi connectivity index (χ0n) is 7.46. The number of carbonyl (C=O) groups is 1. The quantitative estimate of drug-likeness (QED) is 0.797. The lowest BCUT2D eigenvalue weighted by Crippen LogP contribution is -2.22. The maximum atomic E-state index is 11.1. The lowest BCUT2D eigenvalue weighted by molar-refractivity contribution is -0.142. The molecular formula is C9H9Cl2NO2. The molecule has 0 saturated carbocycles. The van der Waals surface area contributed by atoms with Crippen molar-refractivity contribution in [3.8, 4) is 0 Å². The summed E-state index contributed by atoms with van der Waals surface area (Å²) in [6.07, 6.45) is 0. The smallest absolute Gasteiger partial charge is 0.327 e. The van der Waals surface area contributed by atoms with E-state index in [1.54, 1.807) is 12.1 Å². The first-order valence-electron chi connectivity index (χ1n) is 3.84. The summed E-state index contributed by atoms with van der Waals surface area (Å²) in [5.74, 6) is -0.533. The van der Waals surface area contributed by atoms with Gasteiger partial charge in [0.2, 0.25) is 0 Å². The minimum Gasteiger partial charge on any atom is -0.468 e. The molecule has 1 aromatic carbocycles. The maximum absolute atomic E-state index is 11.1. The van der Waals surface area contributed by atoms with Gasteiger partial charge in [-0.1, -0.05) is 29.3 Å². The summed E-state index contributed by atoms with van der Waals surface area (Å²) in [4.78, 5) is 11.1. The Morgan fingerprint density at radius 3 is 2.64 bits per heavy atom. The second kappa shape index (κ2) is 4.64. The Balaban J connectivity index is 3.01. The predicted molar refractivity (Wildman–Crippen MR) is 55.4 cm³/mol. The van der Waals surface area contributed by atoms with Crippen molar-refractivity contribution >= 4 is 29.2 Å². The molecular weight excluding hydrogens is 225 g/mol. The molecule has 0 heterocycles. The summed E-state index contributed by atoms with van der Waals surface area (Å²) in [6.45, 7) is 0. The Hall–Kier alpha value is -0.770. The van der Waals surface area contributed by atoms with Crippen molar-refractivity contribution in [3.63, 3.8) is 0 Å². The summed E-state index contributed by atoms with van der Waals surface area (Å²) in [6, 6.07) is 3.88. The minimum absolute atomic E-state index is 0.357. The van der Waals surface area contributed by atoms with Crippen LogP contribution in [0.1, 0.15) is 11.6 Å². The van der Waals surface area contributed by atoms with Gasteiger partial charge in [-0.25, -0.2) is 0 Å². The van der Waals surface area contributed by atoms with Gasteiger partial charge in [0.25, 0.3) is 0 Å². The van der Waals surface area contributed by atoms with Crippen LogP contribution in [0.25, 0.3) is 0 Å². The van der Waals surface area contributed by atoms with Crippen molar-refractivity contribution in [2.45, 2.75) is 6.04 Å². The Labute approximate surface area is 91.7 Å². The van der Waals surface area contributed by atoms with E-state index in [0.29, 0.717) is 15.6 Å². The van der Waals surface area contributed by atoms with Gasteiger partial charge in [-0.15, -0.1) is 0 Å². The minimum atomic E-state index is -0.871. The molecule has 0 spiro atoms. The SMILES string of the molecule is COC(=O)[C@@H](N)c1ccc(Cl)cc1Cl. The summed E-state index contributed by atoms with van der Waals surface area (Å²) >= 11 is 11.5. The monoisotopic (exact) mass is 233 g/mol. The van der Waals surface area contributed by atoms with Gasteiger partial charge in [0.15, 0.2) is 0 Å². The molecule has 0 unspecified atom stereocenters. The van der Waals surface area contributed by atoms with Crippen molar-refractivity contribution < 1.29 is 9.53 Å². The first kappa shape index (κ1) is 11.3. The third kappa shape index (κ3) is 2.38. The van der Waals surface area contributed by atoms with Gasteiger partial charge in [-0.05, 0) is 17.7 Å². The number of halogens is 2. The van der Waals surface area contributed by atoms with Gasteiger partial charge in [-0.3, -0.25) is 4.79 Å². The van der Waals surface area contributed by atoms with Crippen LogP contribution in [0, 0.1) is 0 Å². The number of benzene rings is 1. The molecule has 76 valence electrons. The molecule has 0 aliphatic carbocycles. The third-order valence-electron chi connectivity index (χ3n) is 1.75. The van der Waals surface area contributed by atoms with Crippen molar-refractivity contribution in [3.05, 3.63) is 33.8 Å². The van der Waals surface area contributed by atoms with E-state index in [1.807, 2.05) is 0 Å². The summed E-state index contributed by atoms with van der Waals surface area (Å²) in [5.41, 5.74) is 6.10. The van der Waals surface area contributed by atoms with E-state index < -0.39 is 12.0 Å². The van der Waals surface area contributed by atoms with Crippen LogP contribution in [0.3, 0.4) is 0 Å². The van der Waals surface area contributed by atoms with Crippen molar-refractivity contribution in [1.82, 2.24) is 0 Å². The Kier molecular flexibility index (Phi) is 3.75. The Morgan fingerprint density at radius 2 is 2.14 bits per heavy atom. The van der Waals surface area contributed by atoms with Crippen LogP contribution in [0.15, 0.2) is 18.2 Å². The molecule has 0 saturated heterocycles. The molecule has 2 N–H and O–H groups in total. The zero-order chi connectivity index (χ0) is 10.7. The Bertz CT molecular complexity index is 355. The highest BCUT2D eigenvalue weighted by Gasteiger charge is 2.18. The second-order valence-corrected chi connectivity index (χ2v) is 3.51. The fraction of sp³-hybridized carbons (Fsp3) is 0.222. The largest absolute Gasteiger partial charge is 0.468 e. The molecule has 5 heteroatoms. The normalized spacial score (nSPS) is 12.3.